The lowest BCUT2D eigenvalue weighted by atomic mass is 10.2. The van der Waals surface area contributed by atoms with Gasteiger partial charge in [-0.2, -0.15) is 9.36 Å². The summed E-state index contributed by atoms with van der Waals surface area (Å²) in [6, 6.07) is 14.6. The number of nitrogens with zero attached hydrogens (tertiary/aromatic N) is 7. The van der Waals surface area contributed by atoms with E-state index in [0.29, 0.717) is 0 Å². The van der Waals surface area contributed by atoms with Gasteiger partial charge in [-0.1, -0.05) is 30.3 Å². The Morgan fingerprint density at radius 1 is 0.767 bits per heavy atom. The van der Waals surface area contributed by atoms with Gasteiger partial charge in [0, 0.05) is 69.5 Å². The van der Waals surface area contributed by atoms with Crippen LogP contribution in [0.15, 0.2) is 48.7 Å². The normalized spacial score (nSPS) is 18.1. The van der Waals surface area contributed by atoms with Crippen LogP contribution in [0.5, 0.6) is 0 Å². The molecule has 1 aromatic carbocycles. The SMILES string of the molecule is CN1CCN(c2ccc(N3CCN(c4nc(-c5ccccc5)ns4)CC3)cn2)CC1. The maximum Gasteiger partial charge on any atom is 0.205 e. The molecule has 0 amide bonds. The number of hydrogen-bond donors (Lipinski definition) is 0. The highest BCUT2D eigenvalue weighted by molar-refractivity contribution is 7.09. The van der Waals surface area contributed by atoms with Crippen LogP contribution < -0.4 is 14.7 Å². The topological polar surface area (TPSA) is 51.6 Å². The average molecular weight is 422 g/mol. The lowest BCUT2D eigenvalue weighted by Crippen LogP contribution is -2.46. The van der Waals surface area contributed by atoms with E-state index in [1.165, 1.54) is 17.2 Å². The van der Waals surface area contributed by atoms with Crippen LogP contribution in [-0.2, 0) is 0 Å². The molecule has 0 spiro atoms. The van der Waals surface area contributed by atoms with Crippen molar-refractivity contribution in [3.63, 3.8) is 0 Å². The predicted molar refractivity (Wildman–Crippen MR) is 124 cm³/mol. The van der Waals surface area contributed by atoms with Gasteiger partial charge in [0.05, 0.1) is 11.9 Å². The Morgan fingerprint density at radius 2 is 1.47 bits per heavy atom. The minimum atomic E-state index is 0.821. The Kier molecular flexibility index (Phi) is 5.50. The summed E-state index contributed by atoms with van der Waals surface area (Å²) < 4.78 is 4.56. The molecule has 4 heterocycles. The second-order valence-electron chi connectivity index (χ2n) is 7.91. The molecule has 30 heavy (non-hydrogen) atoms. The Labute approximate surface area is 181 Å². The molecule has 0 atom stereocenters. The third-order valence-electron chi connectivity index (χ3n) is 5.92. The molecule has 0 radical (unpaired) electrons. The first kappa shape index (κ1) is 19.3. The van der Waals surface area contributed by atoms with Crippen LogP contribution in [-0.4, -0.2) is 78.6 Å². The van der Waals surface area contributed by atoms with E-state index in [0.717, 1.165) is 74.7 Å². The van der Waals surface area contributed by atoms with Crippen molar-refractivity contribution in [3.8, 4) is 11.4 Å². The van der Waals surface area contributed by atoms with Gasteiger partial charge in [-0.05, 0) is 19.2 Å². The summed E-state index contributed by atoms with van der Waals surface area (Å²) in [4.78, 5) is 19.0. The summed E-state index contributed by atoms with van der Waals surface area (Å²) in [6.45, 7) is 8.13. The first-order valence-electron chi connectivity index (χ1n) is 10.5. The van der Waals surface area contributed by atoms with E-state index in [9.17, 15) is 0 Å². The quantitative estimate of drug-likeness (QED) is 0.642. The third-order valence-corrected chi connectivity index (χ3v) is 6.70. The van der Waals surface area contributed by atoms with Crippen molar-refractivity contribution in [1.82, 2.24) is 19.2 Å². The number of benzene rings is 1. The molecule has 2 fully saturated rings. The second kappa shape index (κ2) is 8.57. The lowest BCUT2D eigenvalue weighted by molar-refractivity contribution is 0.312. The minimum absolute atomic E-state index is 0.821. The molecule has 0 saturated carbocycles. The van der Waals surface area contributed by atoms with Crippen LogP contribution in [0.4, 0.5) is 16.6 Å². The zero-order valence-electron chi connectivity index (χ0n) is 17.3. The molecule has 0 aliphatic carbocycles. The van der Waals surface area contributed by atoms with Crippen LogP contribution in [0.3, 0.4) is 0 Å². The van der Waals surface area contributed by atoms with E-state index in [1.807, 2.05) is 24.4 Å². The molecule has 8 heteroatoms. The number of aromatic nitrogens is 3. The highest BCUT2D eigenvalue weighted by atomic mass is 32.1. The molecule has 0 bridgehead atoms. The van der Waals surface area contributed by atoms with Crippen LogP contribution in [0.25, 0.3) is 11.4 Å². The van der Waals surface area contributed by atoms with E-state index in [4.69, 9.17) is 9.97 Å². The molecule has 7 nitrogen and oxygen atoms in total. The molecule has 2 aliphatic rings. The van der Waals surface area contributed by atoms with Crippen molar-refractivity contribution in [2.75, 3.05) is 74.1 Å². The van der Waals surface area contributed by atoms with Crippen LogP contribution >= 0.6 is 11.5 Å². The standard InChI is InChI=1S/C22H27N7S/c1-26-9-11-28(12-10-26)20-8-7-19(17-23-20)27-13-15-29(16-14-27)22-24-21(25-30-22)18-5-3-2-4-6-18/h2-8,17H,9-16H2,1H3. The van der Waals surface area contributed by atoms with E-state index in [-0.39, 0.29) is 0 Å². The summed E-state index contributed by atoms with van der Waals surface area (Å²) in [5.74, 6) is 1.91. The van der Waals surface area contributed by atoms with Crippen molar-refractivity contribution in [1.29, 1.82) is 0 Å². The molecule has 0 unspecified atom stereocenters. The fourth-order valence-corrected chi connectivity index (χ4v) is 4.73. The first-order chi connectivity index (χ1) is 14.8. The van der Waals surface area contributed by atoms with Gasteiger partial charge in [0.2, 0.25) is 5.13 Å². The highest BCUT2D eigenvalue weighted by Crippen LogP contribution is 2.26. The highest BCUT2D eigenvalue weighted by Gasteiger charge is 2.21. The Bertz CT molecular complexity index is 943. The molecule has 2 aromatic heterocycles. The number of likely N-dealkylation sites (N-methyl/N-ethyl adjacent to an activating group) is 1. The van der Waals surface area contributed by atoms with Crippen molar-refractivity contribution in [3.05, 3.63) is 48.7 Å². The van der Waals surface area contributed by atoms with Gasteiger partial charge in [0.15, 0.2) is 5.82 Å². The van der Waals surface area contributed by atoms with Crippen LogP contribution in [0, 0.1) is 0 Å². The van der Waals surface area contributed by atoms with Crippen LogP contribution in [0.2, 0.25) is 0 Å². The van der Waals surface area contributed by atoms with Gasteiger partial charge < -0.3 is 19.6 Å². The Balaban J connectivity index is 1.19. The van der Waals surface area contributed by atoms with Gasteiger partial charge in [0.1, 0.15) is 5.82 Å². The maximum absolute atomic E-state index is 4.76. The molecule has 0 N–H and O–H groups in total. The van der Waals surface area contributed by atoms with Gasteiger partial charge >= 0.3 is 0 Å². The van der Waals surface area contributed by atoms with Crippen molar-refractivity contribution in [2.24, 2.45) is 0 Å². The second-order valence-corrected chi connectivity index (χ2v) is 8.64. The molecule has 5 rings (SSSR count). The molecule has 2 aliphatic heterocycles. The number of pyridine rings is 1. The molecule has 156 valence electrons. The molecular weight excluding hydrogens is 394 g/mol. The van der Waals surface area contributed by atoms with E-state index in [2.05, 4.69) is 55.3 Å². The fraction of sp³-hybridized carbons (Fsp3) is 0.409. The fourth-order valence-electron chi connectivity index (χ4n) is 3.99. The Morgan fingerprint density at radius 3 is 2.17 bits per heavy atom. The third kappa shape index (κ3) is 4.11. The summed E-state index contributed by atoms with van der Waals surface area (Å²) in [6.07, 6.45) is 2.03. The molecular formula is C22H27N7S. The summed E-state index contributed by atoms with van der Waals surface area (Å²) >= 11 is 1.49. The molecule has 3 aromatic rings. The summed E-state index contributed by atoms with van der Waals surface area (Å²) in [5, 5.41) is 1.01. The smallest absolute Gasteiger partial charge is 0.205 e. The number of anilines is 3. The van der Waals surface area contributed by atoms with E-state index in [1.54, 1.807) is 0 Å². The number of rotatable bonds is 4. The van der Waals surface area contributed by atoms with Gasteiger partial charge in [-0.25, -0.2) is 4.98 Å². The summed E-state index contributed by atoms with van der Waals surface area (Å²) in [5.41, 5.74) is 2.28. The summed E-state index contributed by atoms with van der Waals surface area (Å²) in [7, 11) is 2.18. The molecule has 2 saturated heterocycles. The van der Waals surface area contributed by atoms with Gasteiger partial charge in [-0.15, -0.1) is 0 Å². The van der Waals surface area contributed by atoms with Crippen molar-refractivity contribution < 1.29 is 0 Å². The maximum atomic E-state index is 4.76. The lowest BCUT2D eigenvalue weighted by Gasteiger charge is -2.36. The van der Waals surface area contributed by atoms with Gasteiger partial charge in [-0.3, -0.25) is 0 Å². The number of piperazine rings is 2. The zero-order chi connectivity index (χ0) is 20.3. The number of hydrogen-bond acceptors (Lipinski definition) is 8. The average Bonchev–Trinajstić information content (AvgIpc) is 3.31. The Hall–Kier alpha value is -2.71. The van der Waals surface area contributed by atoms with Crippen LogP contribution in [0.1, 0.15) is 0 Å². The minimum Gasteiger partial charge on any atom is -0.367 e. The monoisotopic (exact) mass is 421 g/mol. The van der Waals surface area contributed by atoms with E-state index < -0.39 is 0 Å². The first-order valence-corrected chi connectivity index (χ1v) is 11.3. The van der Waals surface area contributed by atoms with E-state index >= 15 is 0 Å². The largest absolute Gasteiger partial charge is 0.367 e. The van der Waals surface area contributed by atoms with Crippen molar-refractivity contribution >= 4 is 28.2 Å². The van der Waals surface area contributed by atoms with Crippen molar-refractivity contribution in [2.45, 2.75) is 0 Å². The van der Waals surface area contributed by atoms with Gasteiger partial charge in [0.25, 0.3) is 0 Å². The predicted octanol–water partition coefficient (Wildman–Crippen LogP) is 2.68. The zero-order valence-corrected chi connectivity index (χ0v) is 18.1.